The van der Waals surface area contributed by atoms with Crippen molar-refractivity contribution in [3.8, 4) is 10.6 Å². The van der Waals surface area contributed by atoms with E-state index in [-0.39, 0.29) is 23.9 Å². The number of carbonyl (C=O) groups excluding carboxylic acids is 1. The predicted molar refractivity (Wildman–Crippen MR) is 131 cm³/mol. The van der Waals surface area contributed by atoms with Gasteiger partial charge in [0.2, 0.25) is 5.91 Å². The Balaban J connectivity index is 1.27. The Morgan fingerprint density at radius 1 is 1.16 bits per heavy atom. The van der Waals surface area contributed by atoms with E-state index in [0.717, 1.165) is 33.9 Å². The molecule has 6 nitrogen and oxygen atoms in total. The molecule has 1 unspecified atom stereocenters. The molecule has 3 heterocycles. The lowest BCUT2D eigenvalue weighted by molar-refractivity contribution is -0.116. The summed E-state index contributed by atoms with van der Waals surface area (Å²) < 4.78 is 2.82. The van der Waals surface area contributed by atoms with E-state index < -0.39 is 0 Å². The van der Waals surface area contributed by atoms with Gasteiger partial charge in [-0.25, -0.2) is 9.97 Å². The number of benzene rings is 2. The Morgan fingerprint density at radius 2 is 1.97 bits per heavy atom. The van der Waals surface area contributed by atoms with E-state index in [1.54, 1.807) is 22.0 Å². The summed E-state index contributed by atoms with van der Waals surface area (Å²) in [6.45, 7) is 4.06. The summed E-state index contributed by atoms with van der Waals surface area (Å²) in [4.78, 5) is 34.4. The molecule has 1 atom stereocenters. The highest BCUT2D eigenvalue weighted by atomic mass is 32.2. The van der Waals surface area contributed by atoms with E-state index in [9.17, 15) is 9.59 Å². The van der Waals surface area contributed by atoms with Crippen LogP contribution in [0.1, 0.15) is 30.6 Å². The molecule has 1 aliphatic heterocycles. The third-order valence-corrected chi connectivity index (χ3v) is 7.65. The molecule has 0 aliphatic carbocycles. The molecule has 0 bridgehead atoms. The van der Waals surface area contributed by atoms with Crippen LogP contribution >= 0.6 is 23.1 Å². The quantitative estimate of drug-likeness (QED) is 0.419. The molecule has 2 aromatic carbocycles. The average molecular weight is 463 g/mol. The van der Waals surface area contributed by atoms with Gasteiger partial charge in [-0.2, -0.15) is 0 Å². The number of aromatic nitrogens is 3. The van der Waals surface area contributed by atoms with Crippen LogP contribution in [0.4, 0.5) is 5.69 Å². The van der Waals surface area contributed by atoms with Gasteiger partial charge < -0.3 is 5.32 Å². The van der Waals surface area contributed by atoms with Gasteiger partial charge in [0.25, 0.3) is 5.56 Å². The van der Waals surface area contributed by atoms with Crippen molar-refractivity contribution in [1.29, 1.82) is 0 Å². The number of amides is 1. The second kappa shape index (κ2) is 8.52. The molecule has 0 saturated heterocycles. The molecule has 0 spiro atoms. The fourth-order valence-electron chi connectivity index (χ4n) is 3.81. The molecule has 4 aromatic rings. The number of thioether (sulfide) groups is 1. The van der Waals surface area contributed by atoms with Crippen molar-refractivity contribution in [3.63, 3.8) is 0 Å². The minimum absolute atomic E-state index is 0.0787. The first-order chi connectivity index (χ1) is 15.5. The number of aryl methyl sites for hydroxylation is 2. The van der Waals surface area contributed by atoms with Crippen LogP contribution in [0.15, 0.2) is 58.5 Å². The van der Waals surface area contributed by atoms with Crippen molar-refractivity contribution < 1.29 is 4.79 Å². The summed E-state index contributed by atoms with van der Waals surface area (Å²) in [6, 6.07) is 15.4. The third-order valence-electron chi connectivity index (χ3n) is 5.49. The molecule has 1 aliphatic rings. The molecule has 1 N–H and O–H groups in total. The zero-order valence-electron chi connectivity index (χ0n) is 17.8. The number of rotatable bonds is 5. The first kappa shape index (κ1) is 20.9. The van der Waals surface area contributed by atoms with Crippen molar-refractivity contribution in [2.24, 2.45) is 0 Å². The number of thiazole rings is 1. The minimum Gasteiger partial charge on any atom is -0.326 e. The second-order valence-electron chi connectivity index (χ2n) is 7.88. The van der Waals surface area contributed by atoms with Gasteiger partial charge in [-0.1, -0.05) is 24.8 Å². The monoisotopic (exact) mass is 462 g/mol. The van der Waals surface area contributed by atoms with E-state index in [0.29, 0.717) is 10.9 Å². The van der Waals surface area contributed by atoms with Crippen molar-refractivity contribution in [2.75, 3.05) is 11.1 Å². The summed E-state index contributed by atoms with van der Waals surface area (Å²) in [5, 5.41) is 4.62. The molecule has 0 radical (unpaired) electrons. The maximum absolute atomic E-state index is 12.7. The van der Waals surface area contributed by atoms with E-state index in [1.807, 2.05) is 37.3 Å². The van der Waals surface area contributed by atoms with Gasteiger partial charge in [-0.3, -0.25) is 14.2 Å². The van der Waals surface area contributed by atoms with E-state index in [1.165, 1.54) is 22.0 Å². The SMILES string of the molecule is CCc1cc(=O)n2c(n1)SCC2CC(=O)Nc1ccc(-c2nc3ccc(C)cc3s2)cc1. The fourth-order valence-corrected chi connectivity index (χ4v) is 6.04. The van der Waals surface area contributed by atoms with E-state index in [4.69, 9.17) is 4.98 Å². The lowest BCUT2D eigenvalue weighted by Crippen LogP contribution is -2.27. The van der Waals surface area contributed by atoms with Crippen molar-refractivity contribution in [2.45, 2.75) is 37.9 Å². The van der Waals surface area contributed by atoms with Crippen LogP contribution in [0.2, 0.25) is 0 Å². The molecular weight excluding hydrogens is 440 g/mol. The molecule has 32 heavy (non-hydrogen) atoms. The molecule has 2 aromatic heterocycles. The van der Waals surface area contributed by atoms with Gasteiger partial charge in [0.15, 0.2) is 5.16 Å². The number of hydrogen-bond acceptors (Lipinski definition) is 6. The first-order valence-corrected chi connectivity index (χ1v) is 12.3. The first-order valence-electron chi connectivity index (χ1n) is 10.5. The number of hydrogen-bond donors (Lipinski definition) is 1. The fraction of sp³-hybridized carbons (Fsp3) is 0.250. The average Bonchev–Trinajstić information content (AvgIpc) is 3.38. The van der Waals surface area contributed by atoms with Crippen molar-refractivity contribution in [3.05, 3.63) is 70.1 Å². The molecule has 0 fully saturated rings. The number of anilines is 1. The van der Waals surface area contributed by atoms with Crippen molar-refractivity contribution in [1.82, 2.24) is 14.5 Å². The van der Waals surface area contributed by atoms with Crippen LogP contribution in [0.5, 0.6) is 0 Å². The summed E-state index contributed by atoms with van der Waals surface area (Å²) in [7, 11) is 0. The van der Waals surface area contributed by atoms with E-state index in [2.05, 4.69) is 29.4 Å². The normalized spacial score (nSPS) is 15.1. The Labute approximate surface area is 193 Å². The topological polar surface area (TPSA) is 76.9 Å². The zero-order chi connectivity index (χ0) is 22.2. The van der Waals surface area contributed by atoms with Gasteiger partial charge >= 0.3 is 0 Å². The maximum atomic E-state index is 12.7. The Hall–Kier alpha value is -2.97. The zero-order valence-corrected chi connectivity index (χ0v) is 19.4. The maximum Gasteiger partial charge on any atom is 0.254 e. The lowest BCUT2D eigenvalue weighted by Gasteiger charge is -2.13. The van der Waals surface area contributed by atoms with Crippen LogP contribution in [0, 0.1) is 6.92 Å². The van der Waals surface area contributed by atoms with Gasteiger partial charge in [-0.15, -0.1) is 11.3 Å². The second-order valence-corrected chi connectivity index (χ2v) is 9.89. The van der Waals surface area contributed by atoms with Crippen LogP contribution in [-0.2, 0) is 11.2 Å². The number of fused-ring (bicyclic) bond motifs is 2. The number of nitrogens with one attached hydrogen (secondary N) is 1. The number of carbonyl (C=O) groups is 1. The minimum atomic E-state index is -0.175. The number of nitrogens with zero attached hydrogens (tertiary/aromatic N) is 3. The highest BCUT2D eigenvalue weighted by Crippen LogP contribution is 2.33. The Morgan fingerprint density at radius 3 is 2.75 bits per heavy atom. The van der Waals surface area contributed by atoms with Crippen LogP contribution in [0.25, 0.3) is 20.8 Å². The van der Waals surface area contributed by atoms with Gasteiger partial charge in [0, 0.05) is 35.2 Å². The van der Waals surface area contributed by atoms with Crippen LogP contribution < -0.4 is 10.9 Å². The molecule has 0 saturated carbocycles. The molecule has 8 heteroatoms. The highest BCUT2D eigenvalue weighted by Gasteiger charge is 2.27. The predicted octanol–water partition coefficient (Wildman–Crippen LogP) is 5.07. The summed E-state index contributed by atoms with van der Waals surface area (Å²) in [6.07, 6.45) is 0.966. The molecule has 5 rings (SSSR count). The standard InChI is InChI=1S/C24H22N4O2S2/c1-3-16-11-22(30)28-18(13-31-24(28)26-16)12-21(29)25-17-7-5-15(6-8-17)23-27-19-9-4-14(2)10-20(19)32-23/h4-11,18H,3,12-13H2,1-2H3,(H,25,29). The summed E-state index contributed by atoms with van der Waals surface area (Å²) in [5.41, 5.74) is 4.68. The Kier molecular flexibility index (Phi) is 5.57. The summed E-state index contributed by atoms with van der Waals surface area (Å²) >= 11 is 3.20. The third kappa shape index (κ3) is 4.08. The van der Waals surface area contributed by atoms with Gasteiger partial charge in [0.05, 0.1) is 16.3 Å². The smallest absolute Gasteiger partial charge is 0.254 e. The van der Waals surface area contributed by atoms with Gasteiger partial charge in [0.1, 0.15) is 5.01 Å². The summed E-state index contributed by atoms with van der Waals surface area (Å²) in [5.74, 6) is 0.567. The molecule has 162 valence electrons. The van der Waals surface area contributed by atoms with Crippen molar-refractivity contribution >= 4 is 44.9 Å². The van der Waals surface area contributed by atoms with Gasteiger partial charge in [-0.05, 0) is 55.3 Å². The van der Waals surface area contributed by atoms with Crippen LogP contribution in [-0.4, -0.2) is 26.2 Å². The lowest BCUT2D eigenvalue weighted by atomic mass is 10.2. The molecular formula is C24H22N4O2S2. The van der Waals surface area contributed by atoms with Crippen LogP contribution in [0.3, 0.4) is 0 Å². The molecule has 1 amide bonds. The van der Waals surface area contributed by atoms with E-state index >= 15 is 0 Å². The highest BCUT2D eigenvalue weighted by molar-refractivity contribution is 7.99. The largest absolute Gasteiger partial charge is 0.326 e. The Bertz CT molecular complexity index is 1380.